The zero-order chi connectivity index (χ0) is 13.3. The summed E-state index contributed by atoms with van der Waals surface area (Å²) in [4.78, 5) is 0.975. The zero-order valence-corrected chi connectivity index (χ0v) is 12.4. The van der Waals surface area contributed by atoms with Crippen molar-refractivity contribution in [3.8, 4) is 5.75 Å². The maximum absolute atomic E-state index is 13.3. The molecular weight excluding hydrogens is 317 g/mol. The van der Waals surface area contributed by atoms with Crippen molar-refractivity contribution in [1.29, 1.82) is 0 Å². The van der Waals surface area contributed by atoms with Crippen molar-refractivity contribution in [1.82, 2.24) is 0 Å². The third-order valence-electron chi connectivity index (χ3n) is 2.71. The molecule has 1 aromatic heterocycles. The first-order chi connectivity index (χ1) is 8.52. The van der Waals surface area contributed by atoms with Gasteiger partial charge >= 0.3 is 0 Å². The van der Waals surface area contributed by atoms with Crippen LogP contribution in [0.1, 0.15) is 22.0 Å². The molecule has 0 bridgehead atoms. The molecule has 18 heavy (non-hydrogen) atoms. The van der Waals surface area contributed by atoms with Crippen molar-refractivity contribution in [2.45, 2.75) is 13.0 Å². The number of hydrogen-bond donors (Lipinski definition) is 1. The molecule has 5 heteroatoms. The highest BCUT2D eigenvalue weighted by molar-refractivity contribution is 9.11. The van der Waals surface area contributed by atoms with Crippen LogP contribution >= 0.6 is 27.3 Å². The van der Waals surface area contributed by atoms with Crippen LogP contribution in [0.25, 0.3) is 0 Å². The minimum Gasteiger partial charge on any atom is -0.496 e. The smallest absolute Gasteiger partial charge is 0.124 e. The van der Waals surface area contributed by atoms with E-state index in [4.69, 9.17) is 10.5 Å². The molecule has 0 aliphatic heterocycles. The van der Waals surface area contributed by atoms with Crippen LogP contribution < -0.4 is 10.5 Å². The van der Waals surface area contributed by atoms with Gasteiger partial charge in [0.05, 0.1) is 16.9 Å². The normalized spacial score (nSPS) is 12.5. The van der Waals surface area contributed by atoms with Gasteiger partial charge in [0.15, 0.2) is 0 Å². The largest absolute Gasteiger partial charge is 0.496 e. The van der Waals surface area contributed by atoms with Crippen LogP contribution in [0.15, 0.2) is 28.1 Å². The van der Waals surface area contributed by atoms with Gasteiger partial charge in [-0.05, 0) is 52.7 Å². The highest BCUT2D eigenvalue weighted by Crippen LogP contribution is 2.36. The fraction of sp³-hybridized carbons (Fsp3) is 0.231. The van der Waals surface area contributed by atoms with Gasteiger partial charge in [-0.25, -0.2) is 4.39 Å². The third kappa shape index (κ3) is 2.58. The summed E-state index contributed by atoms with van der Waals surface area (Å²) in [5, 5.41) is 0. The van der Waals surface area contributed by atoms with Gasteiger partial charge in [-0.1, -0.05) is 0 Å². The summed E-state index contributed by atoms with van der Waals surface area (Å²) < 4.78 is 19.6. The molecule has 0 amide bonds. The first-order valence-electron chi connectivity index (χ1n) is 5.37. The van der Waals surface area contributed by atoms with E-state index in [-0.39, 0.29) is 11.9 Å². The van der Waals surface area contributed by atoms with Gasteiger partial charge in [0.2, 0.25) is 0 Å². The molecule has 2 nitrogen and oxygen atoms in total. The van der Waals surface area contributed by atoms with Crippen molar-refractivity contribution in [3.63, 3.8) is 0 Å². The van der Waals surface area contributed by atoms with Gasteiger partial charge in [0.25, 0.3) is 0 Å². The number of ether oxygens (including phenoxy) is 1. The molecule has 1 atom stereocenters. The molecule has 96 valence electrons. The fourth-order valence-corrected chi connectivity index (χ4v) is 3.33. The SMILES string of the molecule is COc1ccc(F)cc1C(N)c1cc(C)c(Br)s1. The van der Waals surface area contributed by atoms with E-state index in [9.17, 15) is 4.39 Å². The van der Waals surface area contributed by atoms with Crippen molar-refractivity contribution in [2.75, 3.05) is 7.11 Å². The Morgan fingerprint density at radius 3 is 2.67 bits per heavy atom. The Kier molecular flexibility index (Phi) is 4.04. The summed E-state index contributed by atoms with van der Waals surface area (Å²) in [5.41, 5.74) is 7.97. The first-order valence-corrected chi connectivity index (χ1v) is 6.98. The minimum absolute atomic E-state index is 0.311. The summed E-state index contributed by atoms with van der Waals surface area (Å²) in [7, 11) is 1.55. The summed E-state index contributed by atoms with van der Waals surface area (Å²) in [5.74, 6) is 0.291. The number of aryl methyl sites for hydroxylation is 1. The van der Waals surface area contributed by atoms with E-state index in [1.54, 1.807) is 24.5 Å². The Bertz CT molecular complexity index is 551. The summed E-state index contributed by atoms with van der Waals surface area (Å²) in [6, 6.07) is 6.01. The average molecular weight is 330 g/mol. The van der Waals surface area contributed by atoms with Gasteiger partial charge in [0.1, 0.15) is 11.6 Å². The van der Waals surface area contributed by atoms with E-state index < -0.39 is 0 Å². The number of benzene rings is 1. The van der Waals surface area contributed by atoms with E-state index in [2.05, 4.69) is 15.9 Å². The second kappa shape index (κ2) is 5.38. The van der Waals surface area contributed by atoms with Crippen molar-refractivity contribution in [3.05, 3.63) is 49.9 Å². The second-order valence-corrected chi connectivity index (χ2v) is 6.37. The topological polar surface area (TPSA) is 35.2 Å². The zero-order valence-electron chi connectivity index (χ0n) is 10.0. The van der Waals surface area contributed by atoms with Gasteiger partial charge in [0, 0.05) is 10.4 Å². The van der Waals surface area contributed by atoms with E-state index in [0.29, 0.717) is 11.3 Å². The van der Waals surface area contributed by atoms with Crippen LogP contribution in [0, 0.1) is 12.7 Å². The Labute approximate surface area is 118 Å². The Balaban J connectivity index is 2.44. The van der Waals surface area contributed by atoms with E-state index >= 15 is 0 Å². The van der Waals surface area contributed by atoms with E-state index in [1.165, 1.54) is 12.1 Å². The van der Waals surface area contributed by atoms with Crippen LogP contribution in [0.3, 0.4) is 0 Å². The molecule has 0 aliphatic carbocycles. The average Bonchev–Trinajstić information content (AvgIpc) is 2.68. The predicted molar refractivity (Wildman–Crippen MR) is 75.7 cm³/mol. The van der Waals surface area contributed by atoms with Crippen LogP contribution in [-0.2, 0) is 0 Å². The van der Waals surface area contributed by atoms with Crippen molar-refractivity contribution >= 4 is 27.3 Å². The van der Waals surface area contributed by atoms with E-state index in [0.717, 1.165) is 14.2 Å². The molecule has 0 spiro atoms. The number of rotatable bonds is 3. The van der Waals surface area contributed by atoms with E-state index in [1.807, 2.05) is 13.0 Å². The number of thiophene rings is 1. The molecule has 0 fully saturated rings. The molecule has 1 unspecified atom stereocenters. The molecule has 0 radical (unpaired) electrons. The molecule has 2 N–H and O–H groups in total. The quantitative estimate of drug-likeness (QED) is 0.923. The third-order valence-corrected chi connectivity index (χ3v) is 4.93. The van der Waals surface area contributed by atoms with Crippen molar-refractivity contribution < 1.29 is 9.13 Å². The summed E-state index contributed by atoms with van der Waals surface area (Å²) in [6.07, 6.45) is 0. The number of hydrogen-bond acceptors (Lipinski definition) is 3. The maximum Gasteiger partial charge on any atom is 0.124 e. The van der Waals surface area contributed by atoms with Crippen LogP contribution in [0.5, 0.6) is 5.75 Å². The number of methoxy groups -OCH3 is 1. The highest BCUT2D eigenvalue weighted by atomic mass is 79.9. The Morgan fingerprint density at radius 2 is 2.11 bits per heavy atom. The standard InChI is InChI=1S/C13H13BrFNOS/c1-7-5-11(18-13(7)14)12(16)9-6-8(15)3-4-10(9)17-2/h3-6,12H,16H2,1-2H3. The maximum atomic E-state index is 13.3. The molecule has 1 heterocycles. The number of nitrogens with two attached hydrogens (primary N) is 1. The lowest BCUT2D eigenvalue weighted by molar-refractivity contribution is 0.406. The monoisotopic (exact) mass is 329 g/mol. The number of halogens is 2. The molecule has 0 aliphatic rings. The van der Waals surface area contributed by atoms with Crippen LogP contribution in [0.4, 0.5) is 4.39 Å². The van der Waals surface area contributed by atoms with Crippen LogP contribution in [0.2, 0.25) is 0 Å². The Hall–Kier alpha value is -0.910. The first kappa shape index (κ1) is 13.5. The van der Waals surface area contributed by atoms with Crippen molar-refractivity contribution in [2.24, 2.45) is 5.73 Å². The highest BCUT2D eigenvalue weighted by Gasteiger charge is 2.17. The Morgan fingerprint density at radius 1 is 1.39 bits per heavy atom. The fourth-order valence-electron chi connectivity index (χ4n) is 1.74. The predicted octanol–water partition coefficient (Wildman–Crippen LogP) is 4.01. The molecule has 0 saturated carbocycles. The summed E-state index contributed by atoms with van der Waals surface area (Å²) in [6.45, 7) is 2.00. The van der Waals surface area contributed by atoms with Gasteiger partial charge < -0.3 is 10.5 Å². The van der Waals surface area contributed by atoms with Gasteiger partial charge in [-0.15, -0.1) is 11.3 Å². The molecule has 1 aromatic carbocycles. The molecule has 0 saturated heterocycles. The molecule has 2 rings (SSSR count). The molecule has 2 aromatic rings. The van der Waals surface area contributed by atoms with Crippen LogP contribution in [-0.4, -0.2) is 7.11 Å². The van der Waals surface area contributed by atoms with Gasteiger partial charge in [-0.2, -0.15) is 0 Å². The second-order valence-electron chi connectivity index (χ2n) is 3.97. The lowest BCUT2D eigenvalue weighted by Crippen LogP contribution is -2.12. The van der Waals surface area contributed by atoms with Gasteiger partial charge in [-0.3, -0.25) is 0 Å². The summed E-state index contributed by atoms with van der Waals surface area (Å²) >= 11 is 5.02. The molecular formula is C13H13BrFNOS. The lowest BCUT2D eigenvalue weighted by Gasteiger charge is -2.14. The lowest BCUT2D eigenvalue weighted by atomic mass is 10.0. The minimum atomic E-state index is -0.384.